The zero-order valence-corrected chi connectivity index (χ0v) is 16.3. The van der Waals surface area contributed by atoms with Crippen LogP contribution in [0.25, 0.3) is 0 Å². The van der Waals surface area contributed by atoms with E-state index in [2.05, 4.69) is 14.9 Å². The summed E-state index contributed by atoms with van der Waals surface area (Å²) in [5.41, 5.74) is 6.51. The molecule has 0 unspecified atom stereocenters. The van der Waals surface area contributed by atoms with Crippen LogP contribution in [0.4, 0.5) is 5.95 Å². The standard InChI is InChI=1S/C20H29N5O2/c1-13(2)15-10-16(23-19(21)22-15)17(26)25-9-7-20(12-25)6-3-8-24(18(20)27)11-14-4-5-14/h10,13-14H,3-9,11-12H2,1-2H3,(H2,21,22,23)/t20-/m1/s1. The van der Waals surface area contributed by atoms with Crippen molar-refractivity contribution in [2.75, 3.05) is 31.9 Å². The summed E-state index contributed by atoms with van der Waals surface area (Å²) in [6.07, 6.45) is 5.14. The molecular weight excluding hydrogens is 342 g/mol. The first kappa shape index (κ1) is 18.2. The van der Waals surface area contributed by atoms with E-state index in [9.17, 15) is 9.59 Å². The van der Waals surface area contributed by atoms with Gasteiger partial charge in [-0.15, -0.1) is 0 Å². The van der Waals surface area contributed by atoms with Crippen molar-refractivity contribution >= 4 is 17.8 Å². The molecule has 7 nitrogen and oxygen atoms in total. The number of hydrogen-bond acceptors (Lipinski definition) is 5. The lowest BCUT2D eigenvalue weighted by molar-refractivity contribution is -0.145. The summed E-state index contributed by atoms with van der Waals surface area (Å²) in [5.74, 6) is 1.10. The average Bonchev–Trinajstić information content (AvgIpc) is 3.35. The lowest BCUT2D eigenvalue weighted by atomic mass is 9.78. The van der Waals surface area contributed by atoms with Crippen molar-refractivity contribution in [2.45, 2.75) is 51.9 Å². The molecule has 1 aromatic heterocycles. The van der Waals surface area contributed by atoms with Crippen LogP contribution in [-0.4, -0.2) is 57.8 Å². The number of hydrogen-bond donors (Lipinski definition) is 1. The van der Waals surface area contributed by atoms with Crippen molar-refractivity contribution in [3.63, 3.8) is 0 Å². The Kier molecular flexibility index (Phi) is 4.56. The normalized spacial score (nSPS) is 25.7. The smallest absolute Gasteiger partial charge is 0.272 e. The SMILES string of the molecule is CC(C)c1cc(C(=O)N2CC[C@]3(CCCN(CC4CC4)C3=O)C2)nc(N)n1. The van der Waals surface area contributed by atoms with Gasteiger partial charge in [0.25, 0.3) is 5.91 Å². The Morgan fingerprint density at radius 1 is 1.30 bits per heavy atom. The van der Waals surface area contributed by atoms with Gasteiger partial charge in [-0.1, -0.05) is 13.8 Å². The van der Waals surface area contributed by atoms with Gasteiger partial charge >= 0.3 is 0 Å². The molecule has 0 aromatic carbocycles. The topological polar surface area (TPSA) is 92.4 Å². The first-order valence-electron chi connectivity index (χ1n) is 10.1. The molecule has 3 fully saturated rings. The Morgan fingerprint density at radius 3 is 2.78 bits per heavy atom. The summed E-state index contributed by atoms with van der Waals surface area (Å²) >= 11 is 0. The molecule has 2 amide bonds. The molecule has 3 heterocycles. The predicted octanol–water partition coefficient (Wildman–Crippen LogP) is 2.05. The van der Waals surface area contributed by atoms with Gasteiger partial charge in [0.2, 0.25) is 11.9 Å². The summed E-state index contributed by atoms with van der Waals surface area (Å²) in [6, 6.07) is 1.73. The summed E-state index contributed by atoms with van der Waals surface area (Å²) < 4.78 is 0. The van der Waals surface area contributed by atoms with Gasteiger partial charge in [-0.05, 0) is 50.0 Å². The van der Waals surface area contributed by atoms with E-state index in [1.807, 2.05) is 13.8 Å². The lowest BCUT2D eigenvalue weighted by Gasteiger charge is -2.39. The van der Waals surface area contributed by atoms with Gasteiger partial charge in [-0.2, -0.15) is 0 Å². The van der Waals surface area contributed by atoms with Crippen LogP contribution >= 0.6 is 0 Å². The number of amides is 2. The number of carbonyl (C=O) groups is 2. The highest BCUT2D eigenvalue weighted by molar-refractivity contribution is 5.94. The van der Waals surface area contributed by atoms with E-state index >= 15 is 0 Å². The second kappa shape index (κ2) is 6.77. The fourth-order valence-corrected chi connectivity index (χ4v) is 4.42. The van der Waals surface area contributed by atoms with Crippen LogP contribution in [0.5, 0.6) is 0 Å². The van der Waals surface area contributed by atoms with Crippen LogP contribution < -0.4 is 5.73 Å². The molecule has 0 bridgehead atoms. The molecule has 0 radical (unpaired) electrons. The zero-order valence-electron chi connectivity index (χ0n) is 16.3. The van der Waals surface area contributed by atoms with E-state index in [4.69, 9.17) is 5.73 Å². The molecule has 2 saturated heterocycles. The van der Waals surface area contributed by atoms with Crippen molar-refractivity contribution in [3.05, 3.63) is 17.5 Å². The molecule has 27 heavy (non-hydrogen) atoms. The number of aromatic nitrogens is 2. The Labute approximate surface area is 160 Å². The molecular formula is C20H29N5O2. The number of nitrogen functional groups attached to an aromatic ring is 1. The number of carbonyl (C=O) groups excluding carboxylic acids is 2. The van der Waals surface area contributed by atoms with E-state index in [-0.39, 0.29) is 23.7 Å². The van der Waals surface area contributed by atoms with E-state index < -0.39 is 5.41 Å². The van der Waals surface area contributed by atoms with Crippen LogP contribution in [0.2, 0.25) is 0 Å². The van der Waals surface area contributed by atoms with E-state index in [1.165, 1.54) is 12.8 Å². The highest BCUT2D eigenvalue weighted by atomic mass is 16.2. The first-order valence-corrected chi connectivity index (χ1v) is 10.1. The Morgan fingerprint density at radius 2 is 2.07 bits per heavy atom. The summed E-state index contributed by atoms with van der Waals surface area (Å²) in [5, 5.41) is 0. The molecule has 1 atom stereocenters. The quantitative estimate of drug-likeness (QED) is 0.874. The fourth-order valence-electron chi connectivity index (χ4n) is 4.42. The summed E-state index contributed by atoms with van der Waals surface area (Å²) in [4.78, 5) is 38.4. The number of nitrogens with zero attached hydrogens (tertiary/aromatic N) is 4. The van der Waals surface area contributed by atoms with Gasteiger partial charge in [-0.3, -0.25) is 9.59 Å². The van der Waals surface area contributed by atoms with Crippen LogP contribution in [0, 0.1) is 11.3 Å². The van der Waals surface area contributed by atoms with Gasteiger partial charge in [0.15, 0.2) is 0 Å². The Bertz CT molecular complexity index is 761. The minimum Gasteiger partial charge on any atom is -0.368 e. The van der Waals surface area contributed by atoms with Gasteiger partial charge < -0.3 is 15.5 Å². The van der Waals surface area contributed by atoms with Crippen LogP contribution in [0.15, 0.2) is 6.07 Å². The van der Waals surface area contributed by atoms with E-state index in [1.54, 1.807) is 11.0 Å². The van der Waals surface area contributed by atoms with Crippen molar-refractivity contribution in [2.24, 2.45) is 11.3 Å². The van der Waals surface area contributed by atoms with Gasteiger partial charge in [0, 0.05) is 31.9 Å². The molecule has 146 valence electrons. The maximum Gasteiger partial charge on any atom is 0.272 e. The number of piperidine rings is 1. The summed E-state index contributed by atoms with van der Waals surface area (Å²) in [6.45, 7) is 6.88. The molecule has 2 N–H and O–H groups in total. The van der Waals surface area contributed by atoms with Crippen molar-refractivity contribution < 1.29 is 9.59 Å². The molecule has 4 rings (SSSR count). The van der Waals surface area contributed by atoms with Gasteiger partial charge in [0.1, 0.15) is 5.69 Å². The highest BCUT2D eigenvalue weighted by Gasteiger charge is 2.50. The molecule has 1 saturated carbocycles. The lowest BCUT2D eigenvalue weighted by Crippen LogP contribution is -2.51. The van der Waals surface area contributed by atoms with E-state index in [0.29, 0.717) is 24.7 Å². The van der Waals surface area contributed by atoms with Crippen molar-refractivity contribution in [1.29, 1.82) is 0 Å². The molecule has 1 spiro atoms. The molecule has 2 aliphatic heterocycles. The third kappa shape index (κ3) is 3.51. The fraction of sp³-hybridized carbons (Fsp3) is 0.700. The third-order valence-electron chi connectivity index (χ3n) is 6.21. The molecule has 1 aromatic rings. The Hall–Kier alpha value is -2.18. The molecule has 7 heteroatoms. The zero-order chi connectivity index (χ0) is 19.2. The average molecular weight is 371 g/mol. The predicted molar refractivity (Wildman–Crippen MR) is 102 cm³/mol. The van der Waals surface area contributed by atoms with Gasteiger partial charge in [0.05, 0.1) is 5.41 Å². The second-order valence-electron chi connectivity index (χ2n) is 8.75. The van der Waals surface area contributed by atoms with E-state index in [0.717, 1.165) is 38.0 Å². The third-order valence-corrected chi connectivity index (χ3v) is 6.21. The molecule has 3 aliphatic rings. The maximum atomic E-state index is 13.2. The van der Waals surface area contributed by atoms with Crippen LogP contribution in [-0.2, 0) is 4.79 Å². The molecule has 1 aliphatic carbocycles. The van der Waals surface area contributed by atoms with Crippen molar-refractivity contribution in [1.82, 2.24) is 19.8 Å². The maximum absolute atomic E-state index is 13.2. The number of likely N-dealkylation sites (tertiary alicyclic amines) is 2. The largest absolute Gasteiger partial charge is 0.368 e. The van der Waals surface area contributed by atoms with Crippen LogP contribution in [0.3, 0.4) is 0 Å². The second-order valence-corrected chi connectivity index (χ2v) is 8.75. The highest BCUT2D eigenvalue weighted by Crippen LogP contribution is 2.42. The minimum absolute atomic E-state index is 0.128. The number of anilines is 1. The first-order chi connectivity index (χ1) is 12.9. The van der Waals surface area contributed by atoms with Crippen molar-refractivity contribution in [3.8, 4) is 0 Å². The monoisotopic (exact) mass is 371 g/mol. The van der Waals surface area contributed by atoms with Gasteiger partial charge in [-0.25, -0.2) is 9.97 Å². The number of nitrogens with two attached hydrogens (primary N) is 1. The van der Waals surface area contributed by atoms with Crippen LogP contribution in [0.1, 0.15) is 68.1 Å². The Balaban J connectivity index is 1.50. The summed E-state index contributed by atoms with van der Waals surface area (Å²) in [7, 11) is 0. The minimum atomic E-state index is -0.401. The number of rotatable bonds is 4.